The molecular weight excluding hydrogens is 576 g/mol. The van der Waals surface area contributed by atoms with Gasteiger partial charge in [0, 0.05) is 18.2 Å². The predicted molar refractivity (Wildman–Crippen MR) is 159 cm³/mol. The molecule has 1 aliphatic heterocycles. The first-order valence-corrected chi connectivity index (χ1v) is 15.2. The van der Waals surface area contributed by atoms with Crippen molar-refractivity contribution in [1.82, 2.24) is 5.06 Å². The van der Waals surface area contributed by atoms with Gasteiger partial charge in [-0.15, -0.1) is 4.40 Å². The van der Waals surface area contributed by atoms with Crippen molar-refractivity contribution in [2.45, 2.75) is 70.4 Å². The Morgan fingerprint density at radius 2 is 1.81 bits per heavy atom. The molecule has 2 amide bonds. The number of ether oxygens (including phenoxy) is 1. The van der Waals surface area contributed by atoms with Crippen LogP contribution >= 0.6 is 0 Å². The van der Waals surface area contributed by atoms with Gasteiger partial charge in [0.15, 0.2) is 17.1 Å². The second-order valence-corrected chi connectivity index (χ2v) is 13.5. The largest absolute Gasteiger partial charge is 0.444 e. The summed E-state index contributed by atoms with van der Waals surface area (Å²) in [5.74, 6) is -3.90. The van der Waals surface area contributed by atoms with Crippen molar-refractivity contribution in [2.75, 3.05) is 17.7 Å². The van der Waals surface area contributed by atoms with Crippen molar-refractivity contribution in [3.8, 4) is 0 Å². The van der Waals surface area contributed by atoms with Crippen LogP contribution in [0.2, 0.25) is 0 Å². The summed E-state index contributed by atoms with van der Waals surface area (Å²) in [6.45, 7) is 10.2. The number of amidine groups is 1. The Balaban J connectivity index is 1.82. The summed E-state index contributed by atoms with van der Waals surface area (Å²) in [6.07, 6.45) is -0.169. The van der Waals surface area contributed by atoms with E-state index in [1.807, 2.05) is 13.8 Å². The lowest BCUT2D eigenvalue weighted by Crippen LogP contribution is -2.61. The summed E-state index contributed by atoms with van der Waals surface area (Å²) in [7, 11) is -3.18. The lowest BCUT2D eigenvalue weighted by atomic mass is 9.66. The van der Waals surface area contributed by atoms with Crippen LogP contribution in [-0.2, 0) is 34.7 Å². The third kappa shape index (κ3) is 6.04. The van der Waals surface area contributed by atoms with Crippen LogP contribution in [0.1, 0.15) is 70.3 Å². The summed E-state index contributed by atoms with van der Waals surface area (Å²) >= 11 is 0. The van der Waals surface area contributed by atoms with Crippen molar-refractivity contribution in [3.63, 3.8) is 0 Å². The minimum absolute atomic E-state index is 0.0575. The summed E-state index contributed by atoms with van der Waals surface area (Å²) in [5, 5.41) is 6.32. The highest BCUT2D eigenvalue weighted by Gasteiger charge is 2.58. The highest BCUT2D eigenvalue weighted by atomic mass is 32.2. The zero-order valence-corrected chi connectivity index (χ0v) is 26.0. The van der Waals surface area contributed by atoms with Crippen molar-refractivity contribution < 1.29 is 37.2 Å². The first-order chi connectivity index (χ1) is 20.0. The first-order valence-electron chi connectivity index (χ1n) is 13.8. The van der Waals surface area contributed by atoms with Gasteiger partial charge in [-0.3, -0.25) is 24.5 Å². The molecule has 2 atom stereocenters. The van der Waals surface area contributed by atoms with Gasteiger partial charge in [-0.25, -0.2) is 9.86 Å². The highest BCUT2D eigenvalue weighted by Crippen LogP contribution is 2.45. The van der Waals surface area contributed by atoms with Gasteiger partial charge in [-0.05, 0) is 63.3 Å². The number of anilines is 2. The number of hydrogen-bond donors (Lipinski definition) is 2. The van der Waals surface area contributed by atoms with Gasteiger partial charge in [-0.2, -0.15) is 8.42 Å². The van der Waals surface area contributed by atoms with Crippen LogP contribution in [-0.4, -0.2) is 55.6 Å². The maximum Gasteiger partial charge on any atom is 0.412 e. The number of hydrogen-bond acceptors (Lipinski definition) is 9. The average molecular weight is 613 g/mol. The molecule has 0 saturated carbocycles. The molecule has 0 bridgehead atoms. The number of amides is 2. The fraction of sp³-hybridized carbons (Fsp3) is 0.433. The van der Waals surface area contributed by atoms with E-state index in [9.17, 15) is 27.6 Å². The van der Waals surface area contributed by atoms with Crippen LogP contribution in [0.4, 0.5) is 16.2 Å². The van der Waals surface area contributed by atoms with E-state index in [0.717, 1.165) is 5.06 Å². The van der Waals surface area contributed by atoms with Crippen LogP contribution in [0, 0.1) is 11.8 Å². The van der Waals surface area contributed by atoms with Gasteiger partial charge in [-0.1, -0.05) is 38.1 Å². The number of sulfonamides is 1. The fourth-order valence-electron chi connectivity index (χ4n) is 5.38. The molecule has 230 valence electrons. The van der Waals surface area contributed by atoms with Gasteiger partial charge < -0.3 is 10.1 Å². The monoisotopic (exact) mass is 612 g/mol. The predicted octanol–water partition coefficient (Wildman–Crippen LogP) is 4.67. The third-order valence-corrected chi connectivity index (χ3v) is 8.46. The molecule has 2 aliphatic rings. The topological polar surface area (TPSA) is 161 Å². The molecule has 13 heteroatoms. The Labute approximate surface area is 250 Å². The molecule has 0 aromatic heterocycles. The maximum atomic E-state index is 14.6. The van der Waals surface area contributed by atoms with E-state index in [1.165, 1.54) is 38.3 Å². The zero-order chi connectivity index (χ0) is 31.9. The second kappa shape index (κ2) is 11.5. The molecule has 0 spiro atoms. The molecule has 2 N–H and O–H groups in total. The lowest BCUT2D eigenvalue weighted by molar-refractivity contribution is -0.213. The summed E-state index contributed by atoms with van der Waals surface area (Å²) < 4.78 is 36.0. The number of carbonyl (C=O) groups excluding carboxylic acids is 4. The quantitative estimate of drug-likeness (QED) is 0.334. The Morgan fingerprint density at radius 3 is 2.42 bits per heavy atom. The molecule has 12 nitrogen and oxygen atoms in total. The van der Waals surface area contributed by atoms with E-state index in [-0.39, 0.29) is 34.2 Å². The van der Waals surface area contributed by atoms with E-state index >= 15 is 0 Å². The molecule has 4 rings (SSSR count). The van der Waals surface area contributed by atoms with Crippen molar-refractivity contribution in [2.24, 2.45) is 16.2 Å². The third-order valence-electron chi connectivity index (χ3n) is 7.13. The van der Waals surface area contributed by atoms with Gasteiger partial charge in [0.05, 0.1) is 12.8 Å². The van der Waals surface area contributed by atoms with Crippen LogP contribution in [0.15, 0.2) is 51.8 Å². The summed E-state index contributed by atoms with van der Waals surface area (Å²) in [5.41, 5.74) is -1.84. The van der Waals surface area contributed by atoms with Crippen molar-refractivity contribution in [1.29, 1.82) is 0 Å². The lowest BCUT2D eigenvalue weighted by Gasteiger charge is -2.46. The zero-order valence-electron chi connectivity index (χ0n) is 25.2. The standard InChI is InChI=1S/C30H36N4O8S/c1-17(2)14-15-30(34(41-7)18(3)35)21-11-9-8-10-20(21)25(36)24(26(30)37)27-32-22-13-12-19(16-23(22)43(39,40)33-27)31-28(38)42-29(4,5)6/h8-13,16-17,24H,14-15H2,1-7H3,(H,31,38)(H,32,33). The number of benzene rings is 2. The number of fused-ring (bicyclic) bond motifs is 2. The van der Waals surface area contributed by atoms with Crippen LogP contribution < -0.4 is 10.6 Å². The molecule has 43 heavy (non-hydrogen) atoms. The van der Waals surface area contributed by atoms with Crippen molar-refractivity contribution in [3.05, 3.63) is 53.6 Å². The highest BCUT2D eigenvalue weighted by molar-refractivity contribution is 7.90. The van der Waals surface area contributed by atoms with Crippen LogP contribution in [0.3, 0.4) is 0 Å². The van der Waals surface area contributed by atoms with Gasteiger partial charge in [0.1, 0.15) is 22.3 Å². The summed E-state index contributed by atoms with van der Waals surface area (Å²) in [4.78, 5) is 58.8. The minimum Gasteiger partial charge on any atom is -0.444 e. The minimum atomic E-state index is -4.45. The van der Waals surface area contributed by atoms with Gasteiger partial charge >= 0.3 is 6.09 Å². The molecule has 2 unspecified atom stereocenters. The molecule has 0 radical (unpaired) electrons. The molecular formula is C30H36N4O8S. The van der Waals surface area contributed by atoms with Gasteiger partial charge in [0.25, 0.3) is 10.0 Å². The molecule has 0 fully saturated rings. The normalized spacial score (nSPS) is 20.8. The Morgan fingerprint density at radius 1 is 1.14 bits per heavy atom. The number of nitrogens with one attached hydrogen (secondary N) is 2. The molecule has 2 aromatic rings. The number of hydroxylamine groups is 2. The number of ketones is 2. The SMILES string of the molecule is CON(C(C)=O)C1(CCC(C)C)C(=O)C(C2=NS(=O)(=O)c3cc(NC(=O)OC(C)(C)C)ccc3N2)C(=O)c2ccccc21. The van der Waals surface area contributed by atoms with Crippen LogP contribution in [0.25, 0.3) is 0 Å². The first kappa shape index (κ1) is 31.8. The Kier molecular flexibility index (Phi) is 8.53. The molecule has 2 aromatic carbocycles. The fourth-order valence-corrected chi connectivity index (χ4v) is 6.56. The van der Waals surface area contributed by atoms with E-state index in [4.69, 9.17) is 9.57 Å². The average Bonchev–Trinajstić information content (AvgIpc) is 2.89. The second-order valence-electron chi connectivity index (χ2n) is 11.9. The molecule has 1 heterocycles. The maximum absolute atomic E-state index is 14.6. The number of Topliss-reactive ketones (excluding diaryl/α,β-unsaturated/α-hetero) is 2. The smallest absolute Gasteiger partial charge is 0.412 e. The van der Waals surface area contributed by atoms with E-state index < -0.39 is 56.5 Å². The number of nitrogens with zero attached hydrogens (tertiary/aromatic N) is 2. The van der Waals surface area contributed by atoms with Crippen LogP contribution in [0.5, 0.6) is 0 Å². The Bertz CT molecular complexity index is 1630. The summed E-state index contributed by atoms with van der Waals surface area (Å²) in [6, 6.07) is 10.5. The van der Waals surface area contributed by atoms with Gasteiger partial charge in [0.2, 0.25) is 5.91 Å². The Hall–Kier alpha value is -4.10. The number of rotatable bonds is 7. The van der Waals surface area contributed by atoms with E-state index in [1.54, 1.807) is 39.0 Å². The molecule has 1 aliphatic carbocycles. The number of carbonyl (C=O) groups is 4. The molecule has 0 saturated heterocycles. The van der Waals surface area contributed by atoms with E-state index in [0.29, 0.717) is 12.0 Å². The van der Waals surface area contributed by atoms with Crippen molar-refractivity contribution >= 4 is 50.8 Å². The van der Waals surface area contributed by atoms with E-state index in [2.05, 4.69) is 15.0 Å².